The Morgan fingerprint density at radius 1 is 1.45 bits per heavy atom. The average molecular weight is 317 g/mol. The summed E-state index contributed by atoms with van der Waals surface area (Å²) >= 11 is 1.31. The number of hydrogen-bond donors (Lipinski definition) is 1. The van der Waals surface area contributed by atoms with Crippen molar-refractivity contribution in [1.29, 1.82) is 0 Å². The van der Waals surface area contributed by atoms with Crippen molar-refractivity contribution in [2.75, 3.05) is 18.8 Å². The van der Waals surface area contributed by atoms with Crippen LogP contribution in [0.1, 0.15) is 19.2 Å². The fourth-order valence-corrected chi connectivity index (χ4v) is 3.48. The molecule has 5 nitrogen and oxygen atoms in total. The molecule has 1 N–H and O–H groups in total. The Morgan fingerprint density at radius 3 is 3.05 bits per heavy atom. The Balaban J connectivity index is 1.54. The Labute approximate surface area is 133 Å². The molecular formula is C16H19N3O2S. The number of carbonyl (C=O) groups is 2. The van der Waals surface area contributed by atoms with Gasteiger partial charge in [0.25, 0.3) is 0 Å². The van der Waals surface area contributed by atoms with E-state index >= 15 is 0 Å². The van der Waals surface area contributed by atoms with E-state index in [0.29, 0.717) is 13.0 Å². The SMILES string of the molecule is CC(=O)SCC1CC(=O)N(CCc2nc3ccccc3[nH]2)C1. The van der Waals surface area contributed by atoms with E-state index in [-0.39, 0.29) is 16.9 Å². The normalized spacial score (nSPS) is 18.3. The number of benzene rings is 1. The standard InChI is InChI=1S/C16H19N3O2S/c1-11(20)22-10-12-8-16(21)19(9-12)7-6-15-17-13-4-2-3-5-14(13)18-15/h2-5,12H,6-10H2,1H3,(H,17,18). The van der Waals surface area contributed by atoms with Crippen molar-refractivity contribution in [3.8, 4) is 0 Å². The van der Waals surface area contributed by atoms with Gasteiger partial charge in [-0.3, -0.25) is 9.59 Å². The molecule has 1 amide bonds. The highest BCUT2D eigenvalue weighted by Gasteiger charge is 2.29. The number of nitrogens with zero attached hydrogens (tertiary/aromatic N) is 2. The van der Waals surface area contributed by atoms with Gasteiger partial charge < -0.3 is 9.88 Å². The highest BCUT2D eigenvalue weighted by Crippen LogP contribution is 2.22. The molecule has 3 rings (SSSR count). The summed E-state index contributed by atoms with van der Waals surface area (Å²) in [5, 5.41) is 0.119. The zero-order valence-corrected chi connectivity index (χ0v) is 13.4. The van der Waals surface area contributed by atoms with Crippen LogP contribution in [0.25, 0.3) is 11.0 Å². The summed E-state index contributed by atoms with van der Waals surface area (Å²) in [5.41, 5.74) is 1.99. The van der Waals surface area contributed by atoms with Gasteiger partial charge in [0, 0.05) is 38.6 Å². The highest BCUT2D eigenvalue weighted by atomic mass is 32.2. The molecule has 1 aromatic carbocycles. The molecule has 116 valence electrons. The van der Waals surface area contributed by atoms with Gasteiger partial charge in [-0.25, -0.2) is 4.98 Å². The fourth-order valence-electron chi connectivity index (χ4n) is 2.78. The fraction of sp³-hybridized carbons (Fsp3) is 0.438. The van der Waals surface area contributed by atoms with Crippen molar-refractivity contribution in [1.82, 2.24) is 14.9 Å². The Kier molecular flexibility index (Phi) is 4.47. The topological polar surface area (TPSA) is 66.1 Å². The van der Waals surface area contributed by atoms with E-state index in [1.165, 1.54) is 11.8 Å². The highest BCUT2D eigenvalue weighted by molar-refractivity contribution is 8.13. The number of rotatable bonds is 5. The van der Waals surface area contributed by atoms with E-state index < -0.39 is 0 Å². The Hall–Kier alpha value is -1.82. The molecule has 1 aliphatic heterocycles. The van der Waals surface area contributed by atoms with Crippen LogP contribution >= 0.6 is 11.8 Å². The van der Waals surface area contributed by atoms with Gasteiger partial charge in [-0.2, -0.15) is 0 Å². The summed E-state index contributed by atoms with van der Waals surface area (Å²) in [4.78, 5) is 32.7. The number of likely N-dealkylation sites (tertiary alicyclic amines) is 1. The third-order valence-electron chi connectivity index (χ3n) is 3.87. The maximum atomic E-state index is 12.0. The molecule has 1 atom stereocenters. The van der Waals surface area contributed by atoms with Crippen molar-refractivity contribution in [2.45, 2.75) is 19.8 Å². The van der Waals surface area contributed by atoms with Gasteiger partial charge in [-0.15, -0.1) is 0 Å². The molecule has 1 aromatic heterocycles. The second-order valence-electron chi connectivity index (χ2n) is 5.66. The first kappa shape index (κ1) is 15.1. The van der Waals surface area contributed by atoms with E-state index in [4.69, 9.17) is 0 Å². The predicted octanol–water partition coefficient (Wildman–Crippen LogP) is 2.23. The van der Waals surface area contributed by atoms with Gasteiger partial charge in [-0.1, -0.05) is 23.9 Å². The quantitative estimate of drug-likeness (QED) is 0.918. The molecule has 1 saturated heterocycles. The van der Waals surface area contributed by atoms with E-state index in [1.807, 2.05) is 29.2 Å². The maximum absolute atomic E-state index is 12.0. The summed E-state index contributed by atoms with van der Waals surface area (Å²) in [6, 6.07) is 7.92. The van der Waals surface area contributed by atoms with E-state index in [1.54, 1.807) is 6.92 Å². The number of aromatic nitrogens is 2. The first-order valence-electron chi connectivity index (χ1n) is 7.46. The van der Waals surface area contributed by atoms with Crippen molar-refractivity contribution >= 4 is 33.8 Å². The van der Waals surface area contributed by atoms with Gasteiger partial charge >= 0.3 is 0 Å². The number of fused-ring (bicyclic) bond motifs is 1. The van der Waals surface area contributed by atoms with Gasteiger partial charge in [0.2, 0.25) is 5.91 Å². The van der Waals surface area contributed by atoms with Crippen LogP contribution in [0.5, 0.6) is 0 Å². The van der Waals surface area contributed by atoms with Crippen LogP contribution < -0.4 is 0 Å². The van der Waals surface area contributed by atoms with Crippen molar-refractivity contribution < 1.29 is 9.59 Å². The van der Waals surface area contributed by atoms with Crippen LogP contribution in [0, 0.1) is 5.92 Å². The summed E-state index contributed by atoms with van der Waals surface area (Å²) < 4.78 is 0. The molecule has 0 aliphatic carbocycles. The third kappa shape index (κ3) is 3.50. The molecule has 2 heterocycles. The summed E-state index contributed by atoms with van der Waals surface area (Å²) in [7, 11) is 0. The zero-order chi connectivity index (χ0) is 15.5. The van der Waals surface area contributed by atoms with Gasteiger partial charge in [0.05, 0.1) is 11.0 Å². The molecule has 1 fully saturated rings. The molecule has 0 bridgehead atoms. The van der Waals surface area contributed by atoms with Crippen LogP contribution in [0.3, 0.4) is 0 Å². The monoisotopic (exact) mass is 317 g/mol. The lowest BCUT2D eigenvalue weighted by atomic mass is 10.1. The van der Waals surface area contributed by atoms with Crippen LogP contribution in [0.15, 0.2) is 24.3 Å². The number of thioether (sulfide) groups is 1. The number of H-pyrrole nitrogens is 1. The molecule has 0 saturated carbocycles. The minimum Gasteiger partial charge on any atom is -0.342 e. The lowest BCUT2D eigenvalue weighted by molar-refractivity contribution is -0.127. The van der Waals surface area contributed by atoms with Crippen molar-refractivity contribution in [3.05, 3.63) is 30.1 Å². The number of nitrogens with one attached hydrogen (secondary N) is 1. The Bertz CT molecular complexity index is 665. The zero-order valence-electron chi connectivity index (χ0n) is 12.5. The minimum atomic E-state index is 0.119. The van der Waals surface area contributed by atoms with Crippen molar-refractivity contribution in [3.63, 3.8) is 0 Å². The van der Waals surface area contributed by atoms with Crippen LogP contribution in [0.2, 0.25) is 0 Å². The maximum Gasteiger partial charge on any atom is 0.222 e. The molecule has 0 radical (unpaired) electrons. The smallest absolute Gasteiger partial charge is 0.222 e. The van der Waals surface area contributed by atoms with E-state index in [9.17, 15) is 9.59 Å². The molecule has 1 unspecified atom stereocenters. The van der Waals surface area contributed by atoms with Gasteiger partial charge in [0.15, 0.2) is 5.12 Å². The number of imidazole rings is 1. The lowest BCUT2D eigenvalue weighted by Crippen LogP contribution is -2.28. The summed E-state index contributed by atoms with van der Waals surface area (Å²) in [5.74, 6) is 2.13. The van der Waals surface area contributed by atoms with Crippen LogP contribution in [-0.2, 0) is 16.0 Å². The first-order valence-corrected chi connectivity index (χ1v) is 8.45. The molecule has 2 aromatic rings. The number of aromatic amines is 1. The minimum absolute atomic E-state index is 0.119. The molecule has 0 spiro atoms. The van der Waals surface area contributed by atoms with E-state index in [2.05, 4.69) is 9.97 Å². The third-order valence-corrected chi connectivity index (χ3v) is 4.92. The van der Waals surface area contributed by atoms with E-state index in [0.717, 1.165) is 35.6 Å². The second-order valence-corrected chi connectivity index (χ2v) is 6.86. The number of amides is 1. The van der Waals surface area contributed by atoms with Gasteiger partial charge in [0.1, 0.15) is 5.82 Å². The predicted molar refractivity (Wildman–Crippen MR) is 87.6 cm³/mol. The molecular weight excluding hydrogens is 298 g/mol. The second kappa shape index (κ2) is 6.52. The number of carbonyl (C=O) groups excluding carboxylic acids is 2. The lowest BCUT2D eigenvalue weighted by Gasteiger charge is -2.15. The average Bonchev–Trinajstić information content (AvgIpc) is 3.05. The number of hydrogen-bond acceptors (Lipinski definition) is 4. The summed E-state index contributed by atoms with van der Waals surface area (Å²) in [6.07, 6.45) is 1.29. The van der Waals surface area contributed by atoms with Crippen LogP contribution in [0.4, 0.5) is 0 Å². The van der Waals surface area contributed by atoms with Gasteiger partial charge in [-0.05, 0) is 18.1 Å². The molecule has 1 aliphatic rings. The molecule has 22 heavy (non-hydrogen) atoms. The van der Waals surface area contributed by atoms with Crippen LogP contribution in [-0.4, -0.2) is 44.7 Å². The van der Waals surface area contributed by atoms with Crippen molar-refractivity contribution in [2.24, 2.45) is 5.92 Å². The number of para-hydroxylation sites is 2. The summed E-state index contributed by atoms with van der Waals surface area (Å²) in [6.45, 7) is 3.00. The Morgan fingerprint density at radius 2 is 2.27 bits per heavy atom. The first-order chi connectivity index (χ1) is 10.6. The largest absolute Gasteiger partial charge is 0.342 e. The molecule has 6 heteroatoms.